The molecule has 7 nitrogen and oxygen atoms in total. The van der Waals surface area contributed by atoms with Crippen LogP contribution in [0.15, 0.2) is 48.5 Å². The molecular weight excluding hydrogens is 809 g/mol. The molecule has 0 saturated carbocycles. The Morgan fingerprint density at radius 3 is 0.846 bits per heavy atom. The lowest BCUT2D eigenvalue weighted by Crippen LogP contribution is -2.19. The maximum atomic E-state index is 6.98. The van der Waals surface area contributed by atoms with E-state index in [4.69, 9.17) is 46.0 Å². The van der Waals surface area contributed by atoms with Gasteiger partial charge in [0.1, 0.15) is 49.4 Å². The van der Waals surface area contributed by atoms with Crippen molar-refractivity contribution in [1.82, 2.24) is 0 Å². The fourth-order valence-electron chi connectivity index (χ4n) is 8.54. The normalized spacial score (nSPS) is 15.7. The second-order valence-corrected chi connectivity index (χ2v) is 21.7. The van der Waals surface area contributed by atoms with Gasteiger partial charge in [-0.15, -0.1) is 12.8 Å². The summed E-state index contributed by atoms with van der Waals surface area (Å²) in [6.45, 7) is 30.8. The molecule has 1 aliphatic heterocycles. The van der Waals surface area contributed by atoms with Crippen LogP contribution in [0.25, 0.3) is 0 Å². The van der Waals surface area contributed by atoms with Crippen molar-refractivity contribution in [2.24, 2.45) is 0 Å². The van der Waals surface area contributed by atoms with Gasteiger partial charge >= 0.3 is 0 Å². The van der Waals surface area contributed by atoms with Gasteiger partial charge < -0.3 is 33.2 Å². The zero-order valence-corrected chi connectivity index (χ0v) is 41.5. The monoisotopic (exact) mass is 883 g/mol. The summed E-state index contributed by atoms with van der Waals surface area (Å²) in [5, 5.41) is 0. The van der Waals surface area contributed by atoms with E-state index in [1.807, 2.05) is 0 Å². The van der Waals surface area contributed by atoms with Crippen LogP contribution >= 0.6 is 0 Å². The minimum Gasteiger partial charge on any atom is -0.491 e. The topological polar surface area (TPSA) is 64.6 Å². The minimum atomic E-state index is -0.175. The highest BCUT2D eigenvalue weighted by Gasteiger charge is 2.29. The van der Waals surface area contributed by atoms with Gasteiger partial charge in [-0.25, -0.2) is 0 Å². The summed E-state index contributed by atoms with van der Waals surface area (Å²) in [5.74, 6) is 8.79. The van der Waals surface area contributed by atoms with Gasteiger partial charge in [-0.1, -0.05) is 143 Å². The van der Waals surface area contributed by atoms with E-state index in [9.17, 15) is 0 Å². The standard InChI is InChI=1S/C58H74O7/c1-15-17-62-51-39-27-43-35-49(57(9,10)11)37-45-29-41-33-48(56(6,7)8)34-42(52(41)63-18-16-2)30-46-38-50(58(12,13)14)36-44(28-40(51)32-47(31-39)55(3,4)5)54(46)65-26-24-61-22-20-59-19-21-60-23-25-64-53(43)45/h1-2,31-38H,17-30H2,3-14H3. The molecule has 0 fully saturated rings. The molecule has 0 radical (unpaired) electrons. The lowest BCUT2D eigenvalue weighted by molar-refractivity contribution is 0.00484. The van der Waals surface area contributed by atoms with Crippen molar-refractivity contribution < 1.29 is 33.2 Å². The third-order valence-corrected chi connectivity index (χ3v) is 12.3. The van der Waals surface area contributed by atoms with Gasteiger partial charge in [-0.3, -0.25) is 0 Å². The molecule has 4 aromatic carbocycles. The Morgan fingerprint density at radius 1 is 0.385 bits per heavy atom. The molecule has 0 saturated heterocycles. The summed E-state index contributed by atoms with van der Waals surface area (Å²) in [6.07, 6.45) is 14.1. The van der Waals surface area contributed by atoms with Crippen LogP contribution in [0.3, 0.4) is 0 Å². The van der Waals surface area contributed by atoms with Crippen molar-refractivity contribution in [2.75, 3.05) is 66.1 Å². The van der Waals surface area contributed by atoms with Crippen molar-refractivity contribution in [3.8, 4) is 47.7 Å². The Kier molecular flexibility index (Phi) is 15.8. The van der Waals surface area contributed by atoms with E-state index >= 15 is 0 Å². The minimum absolute atomic E-state index is 0.131. The number of benzene rings is 4. The molecule has 0 unspecified atom stereocenters. The predicted octanol–water partition coefficient (Wildman–Crippen LogP) is 11.4. The Hall–Kier alpha value is -4.92. The van der Waals surface area contributed by atoms with Crippen molar-refractivity contribution in [1.29, 1.82) is 0 Å². The molecule has 0 spiro atoms. The van der Waals surface area contributed by atoms with Gasteiger partial charge in [0.05, 0.1) is 39.6 Å². The molecule has 2 aliphatic rings. The van der Waals surface area contributed by atoms with E-state index in [1.165, 1.54) is 22.3 Å². The van der Waals surface area contributed by atoms with Crippen molar-refractivity contribution >= 4 is 0 Å². The van der Waals surface area contributed by atoms with Gasteiger partial charge in [0, 0.05) is 25.7 Å². The molecule has 0 aromatic heterocycles. The highest BCUT2D eigenvalue weighted by Crippen LogP contribution is 2.44. The molecule has 10 bridgehead atoms. The van der Waals surface area contributed by atoms with Crippen LogP contribution in [0.5, 0.6) is 23.0 Å². The van der Waals surface area contributed by atoms with E-state index < -0.39 is 0 Å². The van der Waals surface area contributed by atoms with Crippen molar-refractivity contribution in [3.05, 3.63) is 115 Å². The first kappa shape index (κ1) is 49.5. The van der Waals surface area contributed by atoms with Gasteiger partial charge in [-0.05, 0) is 88.4 Å². The Bertz CT molecular complexity index is 2120. The molecule has 0 N–H and O–H groups in total. The number of terminal acetylenes is 2. The van der Waals surface area contributed by atoms with Crippen LogP contribution in [0, 0.1) is 24.7 Å². The Labute approximate surface area is 391 Å². The zero-order valence-electron chi connectivity index (χ0n) is 41.5. The highest BCUT2D eigenvalue weighted by molar-refractivity contribution is 5.60. The number of rotatable bonds is 4. The maximum absolute atomic E-state index is 6.98. The summed E-state index contributed by atoms with van der Waals surface area (Å²) < 4.78 is 45.4. The lowest BCUT2D eigenvalue weighted by Gasteiger charge is -2.29. The Balaban J connectivity index is 1.79. The second-order valence-electron chi connectivity index (χ2n) is 21.7. The van der Waals surface area contributed by atoms with Crippen molar-refractivity contribution in [2.45, 2.75) is 130 Å². The van der Waals surface area contributed by atoms with Crippen LogP contribution < -0.4 is 18.9 Å². The highest BCUT2D eigenvalue weighted by atomic mass is 16.6. The number of hydrogen-bond donors (Lipinski definition) is 0. The summed E-state index contributed by atoms with van der Waals surface area (Å²) in [6, 6.07) is 18.5. The number of ether oxygens (including phenoxy) is 7. The number of fused-ring (bicyclic) bond motifs is 2. The third-order valence-electron chi connectivity index (χ3n) is 12.3. The largest absolute Gasteiger partial charge is 0.491 e. The maximum Gasteiger partial charge on any atom is 0.148 e. The molecule has 0 amide bonds. The van der Waals surface area contributed by atoms with Gasteiger partial charge in [0.25, 0.3) is 0 Å². The van der Waals surface area contributed by atoms with Crippen LogP contribution in [0.4, 0.5) is 0 Å². The van der Waals surface area contributed by atoms with E-state index in [-0.39, 0.29) is 34.9 Å². The smallest absolute Gasteiger partial charge is 0.148 e. The van der Waals surface area contributed by atoms with E-state index in [1.54, 1.807) is 0 Å². The first-order chi connectivity index (χ1) is 30.7. The molecule has 6 rings (SSSR count). The number of hydrogen-bond acceptors (Lipinski definition) is 7. The average molecular weight is 883 g/mol. The predicted molar refractivity (Wildman–Crippen MR) is 264 cm³/mol. The summed E-state index contributed by atoms with van der Waals surface area (Å²) >= 11 is 0. The molecule has 348 valence electrons. The lowest BCUT2D eigenvalue weighted by atomic mass is 9.79. The van der Waals surface area contributed by atoms with E-state index in [0.717, 1.165) is 67.5 Å². The fraction of sp³-hybridized carbons (Fsp3) is 0.517. The van der Waals surface area contributed by atoms with E-state index in [0.29, 0.717) is 78.5 Å². The SMILES string of the molecule is C#CCOc1c2cc(C(C)(C)C)cc1Cc1cc(C(C)(C)C)cc3c1OCCOCCOCCOCCOc1c(cc(C(C)(C)C)cc1Cc1cc(C(C)(C)C)cc(c1OCC#C)C3)C2. The molecule has 1 aliphatic carbocycles. The zero-order chi connectivity index (χ0) is 47.2. The fourth-order valence-corrected chi connectivity index (χ4v) is 8.54. The molecule has 1 heterocycles. The van der Waals surface area contributed by atoms with Crippen molar-refractivity contribution in [3.63, 3.8) is 0 Å². The van der Waals surface area contributed by atoms with E-state index in [2.05, 4.69) is 143 Å². The summed E-state index contributed by atoms with van der Waals surface area (Å²) in [4.78, 5) is 0. The molecule has 0 atom stereocenters. The molecule has 7 heteroatoms. The van der Waals surface area contributed by atoms with Crippen LogP contribution in [0.2, 0.25) is 0 Å². The first-order valence-electron chi connectivity index (χ1n) is 23.4. The molecule has 4 aromatic rings. The van der Waals surface area contributed by atoms with Gasteiger partial charge in [0.2, 0.25) is 0 Å². The van der Waals surface area contributed by atoms with Crippen LogP contribution in [0.1, 0.15) is 150 Å². The molecule has 65 heavy (non-hydrogen) atoms. The van der Waals surface area contributed by atoms with Crippen LogP contribution in [-0.4, -0.2) is 66.1 Å². The van der Waals surface area contributed by atoms with Gasteiger partial charge in [0.15, 0.2) is 0 Å². The van der Waals surface area contributed by atoms with Gasteiger partial charge in [-0.2, -0.15) is 0 Å². The second kappa shape index (κ2) is 20.7. The molecular formula is C58H74O7. The third kappa shape index (κ3) is 12.7. The average Bonchev–Trinajstić information content (AvgIpc) is 3.20. The Morgan fingerprint density at radius 2 is 0.615 bits per heavy atom. The quantitative estimate of drug-likeness (QED) is 0.167. The first-order valence-corrected chi connectivity index (χ1v) is 23.4. The van der Waals surface area contributed by atoms with Crippen LogP contribution in [-0.2, 0) is 61.6 Å². The summed E-state index contributed by atoms with van der Waals surface area (Å²) in [7, 11) is 0. The summed E-state index contributed by atoms with van der Waals surface area (Å²) in [5.41, 5.74) is 12.6.